The molecule has 0 saturated carbocycles. The van der Waals surface area contributed by atoms with E-state index in [1.54, 1.807) is 12.5 Å². The molecule has 1 unspecified atom stereocenters. The van der Waals surface area contributed by atoms with E-state index in [-0.39, 0.29) is 0 Å². The molecule has 0 heterocycles. The molecule has 1 rings (SSSR count). The van der Waals surface area contributed by atoms with Crippen molar-refractivity contribution in [1.82, 2.24) is 0 Å². The fraction of sp³-hybridized carbons (Fsp3) is 0.273. The Morgan fingerprint density at radius 2 is 1.93 bits per heavy atom. The highest BCUT2D eigenvalue weighted by molar-refractivity contribution is 7.61. The zero-order valence-electron chi connectivity index (χ0n) is 8.73. The van der Waals surface area contributed by atoms with E-state index in [4.69, 9.17) is 4.52 Å². The zero-order chi connectivity index (χ0) is 10.6. The van der Waals surface area contributed by atoms with Crippen LogP contribution >= 0.6 is 7.37 Å². The summed E-state index contributed by atoms with van der Waals surface area (Å²) in [6, 6.07) is 9.85. The molecular formula is C11H15O2P. The number of rotatable bonds is 3. The van der Waals surface area contributed by atoms with Crippen LogP contribution in [0.15, 0.2) is 36.1 Å². The van der Waals surface area contributed by atoms with Crippen molar-refractivity contribution in [3.8, 4) is 0 Å². The first-order valence-electron chi connectivity index (χ1n) is 4.43. The Hall–Kier alpha value is -0.850. The highest BCUT2D eigenvalue weighted by Crippen LogP contribution is 2.45. The second-order valence-electron chi connectivity index (χ2n) is 3.27. The first-order valence-corrected chi connectivity index (χ1v) is 6.57. The summed E-state index contributed by atoms with van der Waals surface area (Å²) < 4.78 is 16.6. The van der Waals surface area contributed by atoms with Crippen molar-refractivity contribution in [3.63, 3.8) is 0 Å². The first kappa shape index (κ1) is 11.2. The predicted octanol–water partition coefficient (Wildman–Crippen LogP) is 3.60. The van der Waals surface area contributed by atoms with Gasteiger partial charge in [-0.05, 0) is 18.1 Å². The summed E-state index contributed by atoms with van der Waals surface area (Å²) in [5, 5.41) is 0. The summed E-state index contributed by atoms with van der Waals surface area (Å²) in [5.41, 5.74) is 2.06. The second-order valence-corrected chi connectivity index (χ2v) is 5.71. The van der Waals surface area contributed by atoms with Crippen molar-refractivity contribution in [2.24, 2.45) is 0 Å². The molecule has 1 aromatic rings. The van der Waals surface area contributed by atoms with Gasteiger partial charge in [0.15, 0.2) is 0 Å². The van der Waals surface area contributed by atoms with Crippen LogP contribution in [0.25, 0.3) is 5.57 Å². The van der Waals surface area contributed by atoms with Crippen LogP contribution in [0.3, 0.4) is 0 Å². The minimum atomic E-state index is -2.56. The van der Waals surface area contributed by atoms with Gasteiger partial charge in [0.2, 0.25) is 7.37 Å². The van der Waals surface area contributed by atoms with Crippen molar-refractivity contribution in [2.75, 3.05) is 13.8 Å². The maximum Gasteiger partial charge on any atom is 0.222 e. The Morgan fingerprint density at radius 3 is 2.43 bits per heavy atom. The van der Waals surface area contributed by atoms with E-state index in [1.165, 1.54) is 7.11 Å². The van der Waals surface area contributed by atoms with Crippen LogP contribution in [-0.4, -0.2) is 13.8 Å². The zero-order valence-corrected chi connectivity index (χ0v) is 9.62. The molecular weight excluding hydrogens is 195 g/mol. The lowest BCUT2D eigenvalue weighted by molar-refractivity contribution is 0.407. The monoisotopic (exact) mass is 210 g/mol. The molecule has 1 aromatic carbocycles. The third kappa shape index (κ3) is 3.13. The number of benzene rings is 1. The van der Waals surface area contributed by atoms with Gasteiger partial charge in [-0.3, -0.25) is 4.57 Å². The molecule has 0 radical (unpaired) electrons. The van der Waals surface area contributed by atoms with Crippen molar-refractivity contribution in [1.29, 1.82) is 0 Å². The van der Waals surface area contributed by atoms with E-state index >= 15 is 0 Å². The third-order valence-corrected chi connectivity index (χ3v) is 3.60. The van der Waals surface area contributed by atoms with Gasteiger partial charge in [-0.25, -0.2) is 0 Å². The van der Waals surface area contributed by atoms with Crippen LogP contribution in [0, 0.1) is 0 Å². The smallest absolute Gasteiger partial charge is 0.222 e. The maximum absolute atomic E-state index is 11.7. The molecule has 14 heavy (non-hydrogen) atoms. The molecule has 0 aromatic heterocycles. The topological polar surface area (TPSA) is 26.3 Å². The normalized spacial score (nSPS) is 16.4. The quantitative estimate of drug-likeness (QED) is 0.712. The highest BCUT2D eigenvalue weighted by atomic mass is 31.2. The van der Waals surface area contributed by atoms with Crippen molar-refractivity contribution < 1.29 is 9.09 Å². The summed E-state index contributed by atoms with van der Waals surface area (Å²) in [7, 11) is -1.09. The summed E-state index contributed by atoms with van der Waals surface area (Å²) in [6.07, 6.45) is 0. The van der Waals surface area contributed by atoms with Crippen LogP contribution < -0.4 is 0 Å². The average Bonchev–Trinajstić information content (AvgIpc) is 2.19. The van der Waals surface area contributed by atoms with Crippen molar-refractivity contribution in [3.05, 3.63) is 41.7 Å². The lowest BCUT2D eigenvalue weighted by atomic mass is 10.1. The number of allylic oxidation sites excluding steroid dienone is 1. The summed E-state index contributed by atoms with van der Waals surface area (Å²) >= 11 is 0. The summed E-state index contributed by atoms with van der Waals surface area (Å²) in [5.74, 6) is 1.70. The van der Waals surface area contributed by atoms with Crippen molar-refractivity contribution >= 4 is 12.9 Å². The Morgan fingerprint density at radius 1 is 1.36 bits per heavy atom. The molecule has 2 nitrogen and oxygen atoms in total. The first-order chi connectivity index (χ1) is 6.55. The predicted molar refractivity (Wildman–Crippen MR) is 60.6 cm³/mol. The fourth-order valence-electron chi connectivity index (χ4n) is 1.18. The van der Waals surface area contributed by atoms with E-state index in [9.17, 15) is 4.57 Å². The van der Waals surface area contributed by atoms with Gasteiger partial charge in [-0.2, -0.15) is 0 Å². The Balaban J connectivity index is 2.97. The highest BCUT2D eigenvalue weighted by Gasteiger charge is 2.09. The molecule has 0 fully saturated rings. The van der Waals surface area contributed by atoms with Gasteiger partial charge in [0.1, 0.15) is 0 Å². The molecule has 0 amide bonds. The van der Waals surface area contributed by atoms with E-state index in [1.807, 2.05) is 37.3 Å². The third-order valence-electron chi connectivity index (χ3n) is 2.02. The largest absolute Gasteiger partial charge is 0.329 e. The molecule has 0 bridgehead atoms. The van der Waals surface area contributed by atoms with E-state index < -0.39 is 7.37 Å². The van der Waals surface area contributed by atoms with Gasteiger partial charge >= 0.3 is 0 Å². The average molecular weight is 210 g/mol. The van der Waals surface area contributed by atoms with Gasteiger partial charge in [0.05, 0.1) is 0 Å². The minimum Gasteiger partial charge on any atom is -0.329 e. The summed E-state index contributed by atoms with van der Waals surface area (Å²) in [6.45, 7) is 3.55. The van der Waals surface area contributed by atoms with Gasteiger partial charge in [0.25, 0.3) is 0 Å². The molecule has 0 N–H and O–H groups in total. The van der Waals surface area contributed by atoms with E-state index in [0.29, 0.717) is 0 Å². The van der Waals surface area contributed by atoms with Crippen LogP contribution in [0.4, 0.5) is 0 Å². The van der Waals surface area contributed by atoms with Crippen LogP contribution in [0.5, 0.6) is 0 Å². The molecule has 0 spiro atoms. The van der Waals surface area contributed by atoms with Crippen LogP contribution in [-0.2, 0) is 9.09 Å². The molecule has 0 aliphatic rings. The molecule has 0 aliphatic carbocycles. The Kier molecular flexibility index (Phi) is 3.68. The van der Waals surface area contributed by atoms with E-state index in [0.717, 1.165) is 11.1 Å². The van der Waals surface area contributed by atoms with Crippen LogP contribution in [0.1, 0.15) is 12.5 Å². The minimum absolute atomic E-state index is 0.985. The maximum atomic E-state index is 11.7. The molecule has 3 heteroatoms. The lowest BCUT2D eigenvalue weighted by Crippen LogP contribution is -1.81. The SMILES string of the molecule is COP(C)(=O)C=C(C)c1ccccc1. The van der Waals surface area contributed by atoms with Gasteiger partial charge in [0, 0.05) is 19.6 Å². The van der Waals surface area contributed by atoms with Gasteiger partial charge in [-0.1, -0.05) is 30.3 Å². The second kappa shape index (κ2) is 4.59. The molecule has 0 saturated heterocycles. The van der Waals surface area contributed by atoms with Gasteiger partial charge < -0.3 is 4.52 Å². The molecule has 1 atom stereocenters. The standard InChI is InChI=1S/C11H15O2P/c1-10(9-14(3,12)13-2)11-7-5-4-6-8-11/h4-9H,1-3H3. The Labute approximate surface area is 85.1 Å². The lowest BCUT2D eigenvalue weighted by Gasteiger charge is -2.07. The number of hydrogen-bond acceptors (Lipinski definition) is 2. The molecule has 0 aliphatic heterocycles. The molecule has 76 valence electrons. The van der Waals surface area contributed by atoms with E-state index in [2.05, 4.69) is 0 Å². The van der Waals surface area contributed by atoms with Crippen LogP contribution in [0.2, 0.25) is 0 Å². The number of hydrogen-bond donors (Lipinski definition) is 0. The summed E-state index contributed by atoms with van der Waals surface area (Å²) in [4.78, 5) is 0. The van der Waals surface area contributed by atoms with Crippen molar-refractivity contribution in [2.45, 2.75) is 6.92 Å². The fourth-order valence-corrected chi connectivity index (χ4v) is 2.14. The Bertz CT molecular complexity index is 368. The van der Waals surface area contributed by atoms with Gasteiger partial charge in [-0.15, -0.1) is 0 Å².